The molecule has 2 aliphatic heterocycles. The van der Waals surface area contributed by atoms with Gasteiger partial charge in [-0.2, -0.15) is 5.21 Å². The molecule has 3 amide bonds. The van der Waals surface area contributed by atoms with Crippen LogP contribution in [0.4, 0.5) is 9.59 Å². The molecular weight excluding hydrogens is 761 g/mol. The number of carbonyl (C=O) groups is 3. The van der Waals surface area contributed by atoms with Crippen LogP contribution in [0.25, 0.3) is 33.1 Å². The summed E-state index contributed by atoms with van der Waals surface area (Å²) in [5, 5.41) is 30.4. The molecule has 4 N–H and O–H groups in total. The van der Waals surface area contributed by atoms with Crippen LogP contribution in [0.2, 0.25) is 0 Å². The van der Waals surface area contributed by atoms with E-state index in [0.717, 1.165) is 62.9 Å². The van der Waals surface area contributed by atoms with Crippen LogP contribution in [0.15, 0.2) is 91.1 Å². The van der Waals surface area contributed by atoms with E-state index in [0.29, 0.717) is 37.3 Å². The van der Waals surface area contributed by atoms with Crippen LogP contribution < -0.4 is 10.4 Å². The molecule has 0 spiro atoms. The second-order valence-electron chi connectivity index (χ2n) is 15.9. The minimum atomic E-state index is -1.59. The summed E-state index contributed by atoms with van der Waals surface area (Å²) in [6.45, 7) is 6.42. The minimum absolute atomic E-state index is 0.119. The van der Waals surface area contributed by atoms with E-state index in [1.807, 2.05) is 91.5 Å². The van der Waals surface area contributed by atoms with Gasteiger partial charge in [0, 0.05) is 28.6 Å². The van der Waals surface area contributed by atoms with E-state index in [2.05, 4.69) is 32.1 Å². The van der Waals surface area contributed by atoms with Crippen molar-refractivity contribution < 1.29 is 34.2 Å². The van der Waals surface area contributed by atoms with E-state index in [1.165, 1.54) is 7.11 Å². The molecule has 0 aliphatic carbocycles. The molecule has 2 aromatic heterocycles. The number of H-pyrrole nitrogens is 2. The number of aromatic amines is 2. The van der Waals surface area contributed by atoms with Crippen molar-refractivity contribution in [2.75, 3.05) is 20.2 Å². The number of ether oxygens (including phenoxy) is 1. The van der Waals surface area contributed by atoms with Gasteiger partial charge in [-0.3, -0.25) is 4.79 Å². The number of quaternary nitrogens is 1. The second kappa shape index (κ2) is 16.6. The van der Waals surface area contributed by atoms with Gasteiger partial charge in [0.15, 0.2) is 6.04 Å². The maximum absolute atomic E-state index is 13.7. The highest BCUT2D eigenvalue weighted by Crippen LogP contribution is 2.40. The number of hydroxylamine groups is 2. The molecule has 6 aromatic rings. The monoisotopic (exact) mass is 808 g/mol. The summed E-state index contributed by atoms with van der Waals surface area (Å²) in [6, 6.07) is 24.8. The van der Waals surface area contributed by atoms with E-state index in [-0.39, 0.29) is 17.9 Å². The van der Waals surface area contributed by atoms with Gasteiger partial charge in [-0.1, -0.05) is 85.0 Å². The first-order chi connectivity index (χ1) is 29.0. The summed E-state index contributed by atoms with van der Waals surface area (Å²) in [5.41, 5.74) is 5.72. The Kier molecular flexibility index (Phi) is 11.1. The zero-order valence-corrected chi connectivity index (χ0v) is 34.0. The SMILES string of the molecule is COC(=O)NC(C(=O)N1CCCC1c1nc2c(ccc3cc(C#Cc4ccc(-c5cnc(C6CCCN6[N+](O)(C(=O)[O-])C(C)c6ccccc6)[nH]5)cc4)ccc32)[nH]1)C(C)C. The highest BCUT2D eigenvalue weighted by molar-refractivity contribution is 6.04. The largest absolute Gasteiger partial charge is 0.494 e. The first kappa shape index (κ1) is 40.3. The molecule has 308 valence electrons. The molecule has 5 unspecified atom stereocenters. The van der Waals surface area contributed by atoms with Crippen LogP contribution in [0, 0.1) is 17.8 Å². The molecule has 4 aromatic carbocycles. The molecule has 14 heteroatoms. The predicted molar refractivity (Wildman–Crippen MR) is 222 cm³/mol. The lowest BCUT2D eigenvalue weighted by atomic mass is 10.0. The highest BCUT2D eigenvalue weighted by Gasteiger charge is 2.50. The number of amides is 3. The maximum Gasteiger partial charge on any atom is 0.407 e. The lowest BCUT2D eigenvalue weighted by Crippen LogP contribution is -2.66. The average Bonchev–Trinajstić information content (AvgIpc) is 4.11. The van der Waals surface area contributed by atoms with Crippen molar-refractivity contribution in [2.45, 2.75) is 70.6 Å². The third-order valence-corrected chi connectivity index (χ3v) is 11.9. The average molecular weight is 809 g/mol. The second-order valence-corrected chi connectivity index (χ2v) is 15.9. The Balaban J connectivity index is 0.966. The van der Waals surface area contributed by atoms with Crippen LogP contribution in [-0.4, -0.2) is 84.1 Å². The fourth-order valence-electron chi connectivity index (χ4n) is 8.60. The van der Waals surface area contributed by atoms with Crippen LogP contribution in [0.5, 0.6) is 0 Å². The van der Waals surface area contributed by atoms with Gasteiger partial charge in [0.05, 0.1) is 42.6 Å². The molecule has 2 aliphatic rings. The Morgan fingerprint density at radius 2 is 1.62 bits per heavy atom. The first-order valence-corrected chi connectivity index (χ1v) is 20.4. The van der Waals surface area contributed by atoms with E-state index in [1.54, 1.807) is 30.3 Å². The topological polar surface area (TPSA) is 180 Å². The number of benzene rings is 4. The van der Waals surface area contributed by atoms with Crippen LogP contribution in [0.1, 0.15) is 92.9 Å². The molecular formula is C46H48N8O6. The third kappa shape index (κ3) is 7.59. The molecule has 0 radical (unpaired) electrons. The number of likely N-dealkylation sites (tertiary alicyclic amines) is 1. The molecule has 4 heterocycles. The van der Waals surface area contributed by atoms with Gasteiger partial charge in [-0.25, -0.2) is 14.8 Å². The fourth-order valence-corrected chi connectivity index (χ4v) is 8.60. The van der Waals surface area contributed by atoms with E-state index >= 15 is 0 Å². The Labute approximate surface area is 347 Å². The highest BCUT2D eigenvalue weighted by atomic mass is 16.7. The van der Waals surface area contributed by atoms with Gasteiger partial charge in [0.1, 0.15) is 23.7 Å². The number of hydrogen-bond donors (Lipinski definition) is 4. The van der Waals surface area contributed by atoms with Crippen molar-refractivity contribution in [3.8, 4) is 23.1 Å². The number of alkyl carbamates (subject to hydrolysis) is 1. The van der Waals surface area contributed by atoms with E-state index in [9.17, 15) is 24.7 Å². The maximum atomic E-state index is 13.7. The Morgan fingerprint density at radius 1 is 0.900 bits per heavy atom. The number of carboxylic acid groups (broad SMARTS) is 1. The number of nitrogens with zero attached hydrogens (tertiary/aromatic N) is 5. The van der Waals surface area contributed by atoms with Crippen LogP contribution in [0.3, 0.4) is 0 Å². The lowest BCUT2D eigenvalue weighted by molar-refractivity contribution is -1.16. The lowest BCUT2D eigenvalue weighted by Gasteiger charge is -2.42. The Morgan fingerprint density at radius 3 is 2.35 bits per heavy atom. The van der Waals surface area contributed by atoms with Crippen LogP contribution >= 0.6 is 0 Å². The molecule has 60 heavy (non-hydrogen) atoms. The fraction of sp³-hybridized carbons (Fsp3) is 0.326. The van der Waals surface area contributed by atoms with E-state index in [4.69, 9.17) is 9.72 Å². The molecule has 5 atom stereocenters. The van der Waals surface area contributed by atoms with Crippen molar-refractivity contribution in [3.63, 3.8) is 0 Å². The number of methoxy groups -OCH3 is 1. The van der Waals surface area contributed by atoms with Gasteiger partial charge in [0.2, 0.25) is 5.91 Å². The summed E-state index contributed by atoms with van der Waals surface area (Å²) in [7, 11) is 1.29. The van der Waals surface area contributed by atoms with Crippen molar-refractivity contribution in [1.82, 2.24) is 35.2 Å². The standard InChI is InChI=1S/C46H48N8O6/c1-28(2)40(51-45(56)60-4)44(55)52-24-8-12-38(52)43-48-36-23-21-34-26-31(18-22-35(34)41(36)50-43)15-14-30-16-19-33(20-17-30)37-27-47-42(49-37)39-13-9-25-53(39)54(59,46(57)58)29(3)32-10-6-5-7-11-32/h5-7,10-11,16-23,26-29,38-40,59H,8-9,12-13,24-25H2,1-4H3,(H3-,47,48,49,50,51,56,57,58). The Bertz CT molecular complexity index is 2610. The molecule has 8 rings (SSSR count). The van der Waals surface area contributed by atoms with Crippen molar-refractivity contribution in [3.05, 3.63) is 119 Å². The number of nitrogens with one attached hydrogen (secondary N) is 3. The van der Waals surface area contributed by atoms with Gasteiger partial charge in [-0.05, 0) is 79.8 Å². The number of imidazole rings is 2. The number of fused-ring (bicyclic) bond motifs is 3. The smallest absolute Gasteiger partial charge is 0.407 e. The van der Waals surface area contributed by atoms with Crippen LogP contribution in [-0.2, 0) is 9.53 Å². The third-order valence-electron chi connectivity index (χ3n) is 11.9. The summed E-state index contributed by atoms with van der Waals surface area (Å²) < 4.78 is 3.40. The Hall–Kier alpha value is -6.53. The summed E-state index contributed by atoms with van der Waals surface area (Å²) in [4.78, 5) is 56.5. The zero-order valence-electron chi connectivity index (χ0n) is 34.0. The van der Waals surface area contributed by atoms with E-state index < -0.39 is 35.1 Å². The van der Waals surface area contributed by atoms with Gasteiger partial charge < -0.3 is 34.8 Å². The number of carbonyl (C=O) groups excluding carboxylic acids is 3. The van der Waals surface area contributed by atoms with Crippen molar-refractivity contribution in [2.24, 2.45) is 5.92 Å². The number of hydrogen-bond acceptors (Lipinski definition) is 9. The number of aromatic nitrogens is 4. The summed E-state index contributed by atoms with van der Waals surface area (Å²) in [5.74, 6) is 7.59. The molecule has 2 fully saturated rings. The van der Waals surface area contributed by atoms with Gasteiger partial charge in [-0.15, -0.1) is 5.01 Å². The van der Waals surface area contributed by atoms with Gasteiger partial charge >= 0.3 is 12.2 Å². The normalized spacial score (nSPS) is 18.9. The summed E-state index contributed by atoms with van der Waals surface area (Å²) >= 11 is 0. The van der Waals surface area contributed by atoms with Crippen molar-refractivity contribution >= 4 is 39.9 Å². The molecule has 2 saturated heterocycles. The van der Waals surface area contributed by atoms with Crippen molar-refractivity contribution in [1.29, 1.82) is 0 Å². The molecule has 14 nitrogen and oxygen atoms in total. The predicted octanol–water partition coefficient (Wildman–Crippen LogP) is 6.91. The number of rotatable bonds is 9. The minimum Gasteiger partial charge on any atom is -0.494 e. The summed E-state index contributed by atoms with van der Waals surface area (Å²) in [6.07, 6.45) is 2.41. The molecule has 0 bridgehead atoms. The quantitative estimate of drug-likeness (QED) is 0.0523. The van der Waals surface area contributed by atoms with Gasteiger partial charge in [0.25, 0.3) is 0 Å². The molecule has 0 saturated carbocycles. The first-order valence-electron chi connectivity index (χ1n) is 20.4. The zero-order chi connectivity index (χ0) is 42.1.